The molecule has 0 bridgehead atoms. The van der Waals surface area contributed by atoms with E-state index in [0.29, 0.717) is 0 Å². The molecule has 1 aliphatic rings. The number of para-hydroxylation sites is 1. The molecule has 17 heavy (non-hydrogen) atoms. The first-order valence-electron chi connectivity index (χ1n) is 6.06. The van der Waals surface area contributed by atoms with Crippen LogP contribution in [-0.4, -0.2) is 31.5 Å². The summed E-state index contributed by atoms with van der Waals surface area (Å²) in [5, 5.41) is 9.69. The molecule has 0 radical (unpaired) electrons. The zero-order valence-electron chi connectivity index (χ0n) is 10.5. The van der Waals surface area contributed by atoms with Crippen LogP contribution in [0.5, 0.6) is 5.75 Å². The fourth-order valence-electron chi connectivity index (χ4n) is 2.54. The number of hydrogen-bond acceptors (Lipinski definition) is 3. The van der Waals surface area contributed by atoms with Gasteiger partial charge in [0, 0.05) is 12.0 Å². The molecule has 3 heteroatoms. The van der Waals surface area contributed by atoms with Gasteiger partial charge in [-0.2, -0.15) is 0 Å². The summed E-state index contributed by atoms with van der Waals surface area (Å²) in [6.45, 7) is 2.93. The SMILES string of the molecule is COc1ccccc1CC1(CO)CCOC1C. The Balaban J connectivity index is 2.24. The Morgan fingerprint density at radius 3 is 2.82 bits per heavy atom. The van der Waals surface area contributed by atoms with Crippen LogP contribution in [-0.2, 0) is 11.2 Å². The van der Waals surface area contributed by atoms with Crippen LogP contribution >= 0.6 is 0 Å². The molecule has 0 aromatic heterocycles. The van der Waals surface area contributed by atoms with Crippen LogP contribution in [0.4, 0.5) is 0 Å². The van der Waals surface area contributed by atoms with Crippen LogP contribution in [0.25, 0.3) is 0 Å². The van der Waals surface area contributed by atoms with Crippen LogP contribution in [0.15, 0.2) is 24.3 Å². The molecule has 1 aromatic rings. The molecule has 0 amide bonds. The monoisotopic (exact) mass is 236 g/mol. The van der Waals surface area contributed by atoms with Gasteiger partial charge in [-0.05, 0) is 31.4 Å². The van der Waals surface area contributed by atoms with E-state index in [-0.39, 0.29) is 18.1 Å². The molecule has 0 saturated carbocycles. The largest absolute Gasteiger partial charge is 0.496 e. The molecule has 0 spiro atoms. The van der Waals surface area contributed by atoms with Crippen molar-refractivity contribution < 1.29 is 14.6 Å². The summed E-state index contributed by atoms with van der Waals surface area (Å²) in [4.78, 5) is 0. The second kappa shape index (κ2) is 5.07. The van der Waals surface area contributed by atoms with Crippen molar-refractivity contribution in [3.8, 4) is 5.75 Å². The van der Waals surface area contributed by atoms with E-state index < -0.39 is 0 Å². The van der Waals surface area contributed by atoms with Gasteiger partial charge >= 0.3 is 0 Å². The molecule has 1 aromatic carbocycles. The molecule has 1 heterocycles. The topological polar surface area (TPSA) is 38.7 Å². The third-order valence-electron chi connectivity index (χ3n) is 3.88. The van der Waals surface area contributed by atoms with Crippen LogP contribution in [0, 0.1) is 5.41 Å². The fourth-order valence-corrected chi connectivity index (χ4v) is 2.54. The molecule has 2 unspecified atom stereocenters. The Bertz CT molecular complexity index is 377. The summed E-state index contributed by atoms with van der Waals surface area (Å²) in [5.74, 6) is 0.888. The van der Waals surface area contributed by atoms with Gasteiger partial charge in [0.2, 0.25) is 0 Å². The van der Waals surface area contributed by atoms with Gasteiger partial charge in [0.15, 0.2) is 0 Å². The predicted molar refractivity (Wildman–Crippen MR) is 66.2 cm³/mol. The Morgan fingerprint density at radius 2 is 2.24 bits per heavy atom. The van der Waals surface area contributed by atoms with Crippen molar-refractivity contribution in [2.24, 2.45) is 5.41 Å². The van der Waals surface area contributed by atoms with Gasteiger partial charge in [-0.3, -0.25) is 0 Å². The van der Waals surface area contributed by atoms with Crippen molar-refractivity contribution in [1.82, 2.24) is 0 Å². The minimum atomic E-state index is -0.158. The Kier molecular flexibility index (Phi) is 3.69. The number of benzene rings is 1. The molecular weight excluding hydrogens is 216 g/mol. The lowest BCUT2D eigenvalue weighted by Gasteiger charge is -2.30. The molecule has 2 atom stereocenters. The number of methoxy groups -OCH3 is 1. The van der Waals surface area contributed by atoms with Crippen molar-refractivity contribution in [3.63, 3.8) is 0 Å². The van der Waals surface area contributed by atoms with Crippen molar-refractivity contribution in [2.75, 3.05) is 20.3 Å². The van der Waals surface area contributed by atoms with Gasteiger partial charge in [0.1, 0.15) is 5.75 Å². The lowest BCUT2D eigenvalue weighted by Crippen LogP contribution is -2.35. The van der Waals surface area contributed by atoms with Crippen LogP contribution in [0.3, 0.4) is 0 Å². The van der Waals surface area contributed by atoms with Gasteiger partial charge in [0.05, 0.1) is 19.8 Å². The highest BCUT2D eigenvalue weighted by molar-refractivity contribution is 5.34. The minimum Gasteiger partial charge on any atom is -0.496 e. The zero-order valence-corrected chi connectivity index (χ0v) is 10.5. The normalized spacial score (nSPS) is 28.3. The van der Waals surface area contributed by atoms with Crippen LogP contribution < -0.4 is 4.74 Å². The molecule has 1 fully saturated rings. The number of aliphatic hydroxyl groups excluding tert-OH is 1. The van der Waals surface area contributed by atoms with E-state index in [0.717, 1.165) is 30.8 Å². The summed E-state index contributed by atoms with van der Waals surface area (Å²) < 4.78 is 11.0. The fraction of sp³-hybridized carbons (Fsp3) is 0.571. The van der Waals surface area contributed by atoms with E-state index >= 15 is 0 Å². The third-order valence-corrected chi connectivity index (χ3v) is 3.88. The molecule has 2 rings (SSSR count). The summed E-state index contributed by atoms with van der Waals surface area (Å²) in [5.41, 5.74) is 0.982. The summed E-state index contributed by atoms with van der Waals surface area (Å²) >= 11 is 0. The van der Waals surface area contributed by atoms with E-state index in [1.165, 1.54) is 0 Å². The molecular formula is C14H20O3. The van der Waals surface area contributed by atoms with Crippen LogP contribution in [0.1, 0.15) is 18.9 Å². The molecule has 1 aliphatic heterocycles. The molecule has 94 valence electrons. The first kappa shape index (κ1) is 12.4. The van der Waals surface area contributed by atoms with E-state index in [9.17, 15) is 5.11 Å². The van der Waals surface area contributed by atoms with Gasteiger partial charge < -0.3 is 14.6 Å². The van der Waals surface area contributed by atoms with Gasteiger partial charge in [-0.15, -0.1) is 0 Å². The van der Waals surface area contributed by atoms with E-state index in [1.54, 1.807) is 7.11 Å². The molecule has 3 nitrogen and oxygen atoms in total. The van der Waals surface area contributed by atoms with Crippen molar-refractivity contribution in [1.29, 1.82) is 0 Å². The maximum absolute atomic E-state index is 9.69. The van der Waals surface area contributed by atoms with Gasteiger partial charge in [-0.1, -0.05) is 18.2 Å². The number of hydrogen-bond donors (Lipinski definition) is 1. The van der Waals surface area contributed by atoms with E-state index in [4.69, 9.17) is 9.47 Å². The molecule has 0 aliphatic carbocycles. The van der Waals surface area contributed by atoms with Crippen molar-refractivity contribution >= 4 is 0 Å². The highest BCUT2D eigenvalue weighted by Crippen LogP contribution is 2.39. The summed E-state index contributed by atoms with van der Waals surface area (Å²) in [7, 11) is 1.68. The first-order valence-corrected chi connectivity index (χ1v) is 6.06. The first-order chi connectivity index (χ1) is 8.22. The minimum absolute atomic E-state index is 0.0948. The Labute approximate surface area is 102 Å². The maximum Gasteiger partial charge on any atom is 0.122 e. The molecule has 1 N–H and O–H groups in total. The van der Waals surface area contributed by atoms with Crippen molar-refractivity contribution in [3.05, 3.63) is 29.8 Å². The lowest BCUT2D eigenvalue weighted by molar-refractivity contribution is 0.0269. The van der Waals surface area contributed by atoms with Gasteiger partial charge in [0.25, 0.3) is 0 Å². The zero-order chi connectivity index (χ0) is 12.3. The predicted octanol–water partition coefficient (Wildman–Crippen LogP) is 2.03. The summed E-state index contributed by atoms with van der Waals surface area (Å²) in [6.07, 6.45) is 1.80. The number of rotatable bonds is 4. The molecule has 1 saturated heterocycles. The average molecular weight is 236 g/mol. The van der Waals surface area contributed by atoms with E-state index in [1.807, 2.05) is 25.1 Å². The highest BCUT2D eigenvalue weighted by Gasteiger charge is 2.41. The maximum atomic E-state index is 9.69. The van der Waals surface area contributed by atoms with Crippen molar-refractivity contribution in [2.45, 2.75) is 25.9 Å². The highest BCUT2D eigenvalue weighted by atomic mass is 16.5. The second-order valence-electron chi connectivity index (χ2n) is 4.77. The van der Waals surface area contributed by atoms with Gasteiger partial charge in [-0.25, -0.2) is 0 Å². The average Bonchev–Trinajstić information content (AvgIpc) is 2.72. The lowest BCUT2D eigenvalue weighted by atomic mass is 9.77. The third kappa shape index (κ3) is 2.31. The Hall–Kier alpha value is -1.06. The Morgan fingerprint density at radius 1 is 1.47 bits per heavy atom. The number of aliphatic hydroxyl groups is 1. The number of ether oxygens (including phenoxy) is 2. The standard InChI is InChI=1S/C14H20O3/c1-11-14(10-15,7-8-17-11)9-12-5-3-4-6-13(12)16-2/h3-6,11,15H,7-10H2,1-2H3. The smallest absolute Gasteiger partial charge is 0.122 e. The van der Waals surface area contributed by atoms with E-state index in [2.05, 4.69) is 6.07 Å². The second-order valence-corrected chi connectivity index (χ2v) is 4.77. The summed E-state index contributed by atoms with van der Waals surface area (Å²) in [6, 6.07) is 7.98. The van der Waals surface area contributed by atoms with Crippen LogP contribution in [0.2, 0.25) is 0 Å². The quantitative estimate of drug-likeness (QED) is 0.869.